The van der Waals surface area contributed by atoms with Crippen LogP contribution in [0.15, 0.2) is 15.4 Å². The molecule has 50 valence electrons. The van der Waals surface area contributed by atoms with Crippen molar-refractivity contribution in [2.75, 3.05) is 0 Å². The van der Waals surface area contributed by atoms with Gasteiger partial charge in [-0.05, 0) is 5.92 Å². The molecule has 9 heavy (non-hydrogen) atoms. The number of nitrogens with one attached hydrogen (secondary N) is 1. The summed E-state index contributed by atoms with van der Waals surface area (Å²) in [5.41, 5.74) is 2.40. The van der Waals surface area contributed by atoms with E-state index >= 15 is 0 Å². The highest BCUT2D eigenvalue weighted by Gasteiger charge is 2.10. The first-order valence-electron chi connectivity index (χ1n) is 2.98. The van der Waals surface area contributed by atoms with E-state index in [-0.39, 0.29) is 6.04 Å². The zero-order valence-electron chi connectivity index (χ0n) is 5.57. The normalized spacial score (nSPS) is 24.6. The summed E-state index contributed by atoms with van der Waals surface area (Å²) in [6, 6.07) is 0.159. The minimum atomic E-state index is 0.159. The maximum atomic E-state index is 3.89. The molecular weight excluding hydrogens is 116 g/mol. The van der Waals surface area contributed by atoms with Crippen molar-refractivity contribution >= 4 is 6.21 Å². The van der Waals surface area contributed by atoms with E-state index in [2.05, 4.69) is 34.8 Å². The molecule has 1 atom stereocenters. The molecule has 0 fully saturated rings. The second kappa shape index (κ2) is 2.57. The van der Waals surface area contributed by atoms with E-state index in [4.69, 9.17) is 0 Å². The molecule has 0 bridgehead atoms. The van der Waals surface area contributed by atoms with Crippen molar-refractivity contribution < 1.29 is 0 Å². The lowest BCUT2D eigenvalue weighted by Crippen LogP contribution is -2.19. The highest BCUT2D eigenvalue weighted by atomic mass is 15.6. The van der Waals surface area contributed by atoms with Crippen LogP contribution in [0.4, 0.5) is 0 Å². The van der Waals surface area contributed by atoms with Crippen LogP contribution in [0, 0.1) is 5.92 Å². The Balaban J connectivity index is 2.49. The standard InChI is InChI=1S/C5H10N4/c1-4(2)5-3-6-8-9-7-5/h3-5H,1-2H3,(H,7,8). The predicted octanol–water partition coefficient (Wildman–Crippen LogP) is 0.967. The van der Waals surface area contributed by atoms with Gasteiger partial charge in [0.15, 0.2) is 0 Å². The molecular formula is C5H10N4. The van der Waals surface area contributed by atoms with Crippen LogP contribution in [0.25, 0.3) is 0 Å². The van der Waals surface area contributed by atoms with E-state index in [1.165, 1.54) is 0 Å². The number of nitrogens with zero attached hydrogens (tertiary/aromatic N) is 3. The molecule has 0 aliphatic carbocycles. The van der Waals surface area contributed by atoms with Gasteiger partial charge in [-0.15, -0.1) is 0 Å². The van der Waals surface area contributed by atoms with Gasteiger partial charge >= 0.3 is 0 Å². The van der Waals surface area contributed by atoms with Gasteiger partial charge in [0.1, 0.15) is 6.04 Å². The summed E-state index contributed by atoms with van der Waals surface area (Å²) in [5, 5.41) is 11.2. The average Bonchev–Trinajstić information content (AvgIpc) is 1.90. The molecule has 1 heterocycles. The molecule has 0 aromatic carbocycles. The Bertz CT molecular complexity index is 126. The first-order valence-corrected chi connectivity index (χ1v) is 2.98. The van der Waals surface area contributed by atoms with Crippen molar-refractivity contribution in [3.63, 3.8) is 0 Å². The van der Waals surface area contributed by atoms with Gasteiger partial charge in [0.05, 0.1) is 6.21 Å². The Kier molecular flexibility index (Phi) is 1.77. The Labute approximate surface area is 54.0 Å². The Hall–Kier alpha value is -0.930. The fourth-order valence-electron chi connectivity index (χ4n) is 0.563. The summed E-state index contributed by atoms with van der Waals surface area (Å²) in [6.45, 7) is 4.17. The Morgan fingerprint density at radius 2 is 2.33 bits per heavy atom. The molecule has 4 nitrogen and oxygen atoms in total. The van der Waals surface area contributed by atoms with Crippen LogP contribution in [-0.2, 0) is 0 Å². The summed E-state index contributed by atoms with van der Waals surface area (Å²) in [4.78, 5) is 0. The fraction of sp³-hybridized carbons (Fsp3) is 0.800. The molecule has 4 heteroatoms. The van der Waals surface area contributed by atoms with Crippen molar-refractivity contribution in [3.05, 3.63) is 0 Å². The van der Waals surface area contributed by atoms with Gasteiger partial charge in [-0.3, -0.25) is 0 Å². The lowest BCUT2D eigenvalue weighted by Gasteiger charge is -2.10. The third-order valence-electron chi connectivity index (χ3n) is 1.20. The fourth-order valence-corrected chi connectivity index (χ4v) is 0.563. The molecule has 1 unspecified atom stereocenters. The second-order valence-electron chi connectivity index (χ2n) is 2.33. The van der Waals surface area contributed by atoms with E-state index in [0.717, 1.165) is 0 Å². The largest absolute Gasteiger partial charge is 0.180 e. The molecule has 1 aliphatic heterocycles. The Morgan fingerprint density at radius 3 is 2.67 bits per heavy atom. The van der Waals surface area contributed by atoms with Crippen molar-refractivity contribution in [2.45, 2.75) is 19.9 Å². The molecule has 0 radical (unpaired) electrons. The zero-order valence-corrected chi connectivity index (χ0v) is 5.57. The van der Waals surface area contributed by atoms with Crippen LogP contribution in [-0.4, -0.2) is 12.3 Å². The van der Waals surface area contributed by atoms with E-state index in [0.29, 0.717) is 5.92 Å². The van der Waals surface area contributed by atoms with Gasteiger partial charge in [-0.1, -0.05) is 19.1 Å². The minimum Gasteiger partial charge on any atom is -0.180 e. The van der Waals surface area contributed by atoms with Crippen molar-refractivity contribution in [2.24, 2.45) is 21.4 Å². The summed E-state index contributed by atoms with van der Waals surface area (Å²) in [6.07, 6.45) is 1.76. The topological polar surface area (TPSA) is 49.1 Å². The van der Waals surface area contributed by atoms with Crippen molar-refractivity contribution in [1.82, 2.24) is 5.53 Å². The van der Waals surface area contributed by atoms with Gasteiger partial charge in [0.2, 0.25) is 0 Å². The van der Waals surface area contributed by atoms with Crippen LogP contribution in [0.3, 0.4) is 0 Å². The van der Waals surface area contributed by atoms with Gasteiger partial charge in [-0.25, -0.2) is 0 Å². The molecule has 0 aromatic rings. The van der Waals surface area contributed by atoms with Crippen molar-refractivity contribution in [1.29, 1.82) is 0 Å². The van der Waals surface area contributed by atoms with Crippen LogP contribution in [0.5, 0.6) is 0 Å². The second-order valence-corrected chi connectivity index (χ2v) is 2.33. The molecule has 1 N–H and O–H groups in total. The first kappa shape index (κ1) is 6.19. The van der Waals surface area contributed by atoms with E-state index in [1.54, 1.807) is 6.21 Å². The lowest BCUT2D eigenvalue weighted by atomic mass is 10.1. The Morgan fingerprint density at radius 1 is 1.56 bits per heavy atom. The quantitative estimate of drug-likeness (QED) is 0.559. The molecule has 1 rings (SSSR count). The third-order valence-corrected chi connectivity index (χ3v) is 1.20. The maximum absolute atomic E-state index is 3.89. The first-order chi connectivity index (χ1) is 4.30. The van der Waals surface area contributed by atoms with Crippen LogP contribution >= 0.6 is 0 Å². The highest BCUT2D eigenvalue weighted by molar-refractivity contribution is 5.64. The van der Waals surface area contributed by atoms with E-state index < -0.39 is 0 Å². The minimum absolute atomic E-state index is 0.159. The summed E-state index contributed by atoms with van der Waals surface area (Å²) in [7, 11) is 0. The molecule has 0 saturated carbocycles. The molecule has 0 spiro atoms. The summed E-state index contributed by atoms with van der Waals surface area (Å²) < 4.78 is 0. The van der Waals surface area contributed by atoms with Crippen LogP contribution in [0.1, 0.15) is 13.8 Å². The van der Waals surface area contributed by atoms with Crippen LogP contribution < -0.4 is 5.53 Å². The smallest absolute Gasteiger partial charge is 0.112 e. The number of hydrazone groups is 1. The maximum Gasteiger partial charge on any atom is 0.112 e. The molecule has 0 aromatic heterocycles. The summed E-state index contributed by atoms with van der Waals surface area (Å²) >= 11 is 0. The van der Waals surface area contributed by atoms with Crippen molar-refractivity contribution in [3.8, 4) is 0 Å². The van der Waals surface area contributed by atoms with Crippen LogP contribution in [0.2, 0.25) is 0 Å². The van der Waals surface area contributed by atoms with Gasteiger partial charge in [0.25, 0.3) is 0 Å². The van der Waals surface area contributed by atoms with E-state index in [9.17, 15) is 0 Å². The summed E-state index contributed by atoms with van der Waals surface area (Å²) in [5.74, 6) is 0.486. The van der Waals surface area contributed by atoms with Gasteiger partial charge in [-0.2, -0.15) is 15.8 Å². The average molecular weight is 126 g/mol. The molecule has 0 saturated heterocycles. The predicted molar refractivity (Wildman–Crippen MR) is 35.1 cm³/mol. The highest BCUT2D eigenvalue weighted by Crippen LogP contribution is 2.05. The van der Waals surface area contributed by atoms with Gasteiger partial charge in [0, 0.05) is 0 Å². The SMILES string of the molecule is CC(C)C1C=NNN=N1. The number of hydrogen-bond acceptors (Lipinski definition) is 4. The molecule has 1 aliphatic rings. The van der Waals surface area contributed by atoms with Gasteiger partial charge < -0.3 is 0 Å². The number of hydrogen-bond donors (Lipinski definition) is 1. The monoisotopic (exact) mass is 126 g/mol. The van der Waals surface area contributed by atoms with E-state index in [1.807, 2.05) is 0 Å². The lowest BCUT2D eigenvalue weighted by molar-refractivity contribution is 0.534. The zero-order chi connectivity index (χ0) is 6.69. The molecule has 0 amide bonds. The third kappa shape index (κ3) is 1.48. The number of rotatable bonds is 1.